The smallest absolute Gasteiger partial charge is 0.200 e. The van der Waals surface area contributed by atoms with E-state index in [0.717, 1.165) is 0 Å². The average Bonchev–Trinajstić information content (AvgIpc) is 3.31. The molecule has 1 fully saturated rings. The summed E-state index contributed by atoms with van der Waals surface area (Å²) in [6.45, 7) is 0. The van der Waals surface area contributed by atoms with Crippen molar-refractivity contribution in [1.82, 2.24) is 0 Å². The van der Waals surface area contributed by atoms with Gasteiger partial charge in [-0.3, -0.25) is 4.79 Å². The van der Waals surface area contributed by atoms with Crippen molar-refractivity contribution in [3.63, 3.8) is 0 Å². The quantitative estimate of drug-likeness (QED) is 0.284. The maximum atomic E-state index is 13.6. The first-order valence-corrected chi connectivity index (χ1v) is 6.19. The van der Waals surface area contributed by atoms with Gasteiger partial charge < -0.3 is 4.74 Å². The van der Waals surface area contributed by atoms with Crippen LogP contribution in [-0.2, 0) is 4.74 Å². The van der Waals surface area contributed by atoms with Crippen LogP contribution in [0.15, 0.2) is 30.3 Å². The second-order valence-corrected chi connectivity index (χ2v) is 4.69. The van der Waals surface area contributed by atoms with Gasteiger partial charge in [0.2, 0.25) is 5.82 Å². The molecule has 0 bridgehead atoms. The zero-order chi connectivity index (χ0) is 16.0. The van der Waals surface area contributed by atoms with Gasteiger partial charge in [0.1, 0.15) is 6.10 Å². The van der Waals surface area contributed by atoms with Crippen molar-refractivity contribution in [2.45, 2.75) is 12.2 Å². The first-order valence-electron chi connectivity index (χ1n) is 6.19. The maximum Gasteiger partial charge on any atom is 0.200 e. The topological polar surface area (TPSA) is 29.6 Å². The number of carbonyl (C=O) groups excluding carboxylic acids is 1. The van der Waals surface area contributed by atoms with Gasteiger partial charge in [0, 0.05) is 5.56 Å². The molecule has 1 aliphatic heterocycles. The third-order valence-electron chi connectivity index (χ3n) is 3.34. The zero-order valence-corrected chi connectivity index (χ0v) is 10.7. The van der Waals surface area contributed by atoms with E-state index in [1.165, 1.54) is 12.1 Å². The molecule has 2 aromatic rings. The number of rotatable bonds is 3. The van der Waals surface area contributed by atoms with E-state index >= 15 is 0 Å². The van der Waals surface area contributed by atoms with Gasteiger partial charge in [-0.2, -0.15) is 0 Å². The zero-order valence-electron chi connectivity index (χ0n) is 10.7. The molecular formula is C15H7F5O2. The van der Waals surface area contributed by atoms with Crippen LogP contribution in [0.4, 0.5) is 22.0 Å². The molecule has 2 nitrogen and oxygen atoms in total. The van der Waals surface area contributed by atoms with Crippen molar-refractivity contribution in [2.24, 2.45) is 0 Å². The Morgan fingerprint density at radius 2 is 1.32 bits per heavy atom. The van der Waals surface area contributed by atoms with Crippen LogP contribution in [0, 0.1) is 29.1 Å². The molecule has 7 heteroatoms. The molecule has 0 radical (unpaired) electrons. The van der Waals surface area contributed by atoms with Crippen LogP contribution in [0.1, 0.15) is 22.0 Å². The molecular weight excluding hydrogens is 307 g/mol. The van der Waals surface area contributed by atoms with Gasteiger partial charge >= 0.3 is 0 Å². The number of halogens is 5. The van der Waals surface area contributed by atoms with Crippen molar-refractivity contribution in [1.29, 1.82) is 0 Å². The summed E-state index contributed by atoms with van der Waals surface area (Å²) < 4.78 is 71.3. The summed E-state index contributed by atoms with van der Waals surface area (Å²) in [6, 6.07) is 7.72. The van der Waals surface area contributed by atoms with Gasteiger partial charge in [-0.05, 0) is 0 Å². The van der Waals surface area contributed by atoms with Gasteiger partial charge in [-0.25, -0.2) is 22.0 Å². The van der Waals surface area contributed by atoms with Crippen LogP contribution in [0.2, 0.25) is 0 Å². The highest BCUT2D eigenvalue weighted by molar-refractivity contribution is 6.01. The van der Waals surface area contributed by atoms with Crippen LogP contribution in [0.5, 0.6) is 0 Å². The first-order chi connectivity index (χ1) is 10.4. The average molecular weight is 314 g/mol. The Hall–Kier alpha value is -2.28. The molecule has 1 aliphatic rings. The third kappa shape index (κ3) is 2.18. The molecule has 114 valence electrons. The molecule has 0 N–H and O–H groups in total. The van der Waals surface area contributed by atoms with Gasteiger partial charge in [-0.15, -0.1) is 0 Å². The molecule has 0 unspecified atom stereocenters. The van der Waals surface area contributed by atoms with Crippen molar-refractivity contribution in [2.75, 3.05) is 0 Å². The maximum absolute atomic E-state index is 13.6. The fraction of sp³-hybridized carbons (Fsp3) is 0.133. The minimum absolute atomic E-state index is 0.221. The minimum atomic E-state index is -2.25. The van der Waals surface area contributed by atoms with Gasteiger partial charge in [0.05, 0.1) is 5.56 Å². The van der Waals surface area contributed by atoms with E-state index in [4.69, 9.17) is 4.74 Å². The molecule has 0 aliphatic carbocycles. The molecule has 0 spiro atoms. The number of ketones is 1. The summed E-state index contributed by atoms with van der Waals surface area (Å²) in [4.78, 5) is 12.0. The number of hydrogen-bond acceptors (Lipinski definition) is 2. The van der Waals surface area contributed by atoms with Gasteiger partial charge in [0.25, 0.3) is 0 Å². The summed E-state index contributed by atoms with van der Waals surface area (Å²) in [5, 5.41) is 0. The van der Waals surface area contributed by atoms with Crippen LogP contribution in [0.3, 0.4) is 0 Å². The second-order valence-electron chi connectivity index (χ2n) is 4.69. The summed E-state index contributed by atoms with van der Waals surface area (Å²) in [5.74, 6) is -10.9. The molecule has 0 aromatic heterocycles. The fourth-order valence-corrected chi connectivity index (χ4v) is 2.17. The monoisotopic (exact) mass is 314 g/mol. The first kappa shape index (κ1) is 14.6. The Morgan fingerprint density at radius 1 is 0.818 bits per heavy atom. The minimum Gasteiger partial charge on any atom is -0.356 e. The molecule has 1 saturated heterocycles. The fourth-order valence-electron chi connectivity index (χ4n) is 2.17. The van der Waals surface area contributed by atoms with E-state index in [9.17, 15) is 26.7 Å². The lowest BCUT2D eigenvalue weighted by molar-refractivity contribution is 0.0953. The Balaban J connectivity index is 1.94. The summed E-state index contributed by atoms with van der Waals surface area (Å²) in [6.07, 6.45) is -2.76. The standard InChI is InChI=1S/C15H7F5O2/c16-8-7(9(17)11(19)12(20)10(8)18)14-15(22-14)13(21)6-4-2-1-3-5-6/h1-5,14-15H/t14-,15-/m1/s1. The van der Waals surface area contributed by atoms with Crippen LogP contribution < -0.4 is 0 Å². The van der Waals surface area contributed by atoms with Crippen LogP contribution in [0.25, 0.3) is 0 Å². The Bertz CT molecular complexity index is 731. The van der Waals surface area contributed by atoms with E-state index in [1.807, 2.05) is 0 Å². The van der Waals surface area contributed by atoms with Crippen molar-refractivity contribution in [3.05, 3.63) is 70.5 Å². The molecule has 2 atom stereocenters. The predicted octanol–water partition coefficient (Wildman–Crippen LogP) is 3.70. The molecule has 0 saturated carbocycles. The lowest BCUT2D eigenvalue weighted by atomic mass is 10.0. The van der Waals surface area contributed by atoms with Gasteiger partial charge in [0.15, 0.2) is 35.2 Å². The van der Waals surface area contributed by atoms with Crippen molar-refractivity contribution < 1.29 is 31.5 Å². The normalized spacial score (nSPS) is 20.0. The number of epoxide rings is 1. The Kier molecular flexibility index (Phi) is 3.44. The summed E-state index contributed by atoms with van der Waals surface area (Å²) in [5.41, 5.74) is -0.899. The molecule has 0 amide bonds. The lowest BCUT2D eigenvalue weighted by Gasteiger charge is -2.05. The third-order valence-corrected chi connectivity index (χ3v) is 3.34. The summed E-state index contributed by atoms with van der Waals surface area (Å²) >= 11 is 0. The van der Waals surface area contributed by atoms with E-state index in [2.05, 4.69) is 0 Å². The summed E-state index contributed by atoms with van der Waals surface area (Å²) in [7, 11) is 0. The second kappa shape index (κ2) is 5.17. The number of benzene rings is 2. The van der Waals surface area contributed by atoms with E-state index < -0.39 is 52.6 Å². The highest BCUT2D eigenvalue weighted by Crippen LogP contribution is 2.44. The largest absolute Gasteiger partial charge is 0.356 e. The Labute approximate surface area is 121 Å². The van der Waals surface area contributed by atoms with Crippen LogP contribution in [-0.4, -0.2) is 11.9 Å². The molecule has 1 heterocycles. The Morgan fingerprint density at radius 3 is 1.86 bits per heavy atom. The number of Topliss-reactive ketones (excluding diaryl/α,β-unsaturated/α-hetero) is 1. The lowest BCUT2D eigenvalue weighted by Crippen LogP contribution is -2.11. The SMILES string of the molecule is O=C(c1ccccc1)[C@H]1O[C@@H]1c1c(F)c(F)c(F)c(F)c1F. The van der Waals surface area contributed by atoms with E-state index in [-0.39, 0.29) is 5.56 Å². The molecule has 2 aromatic carbocycles. The number of hydrogen-bond donors (Lipinski definition) is 0. The molecule has 3 rings (SSSR count). The molecule has 22 heavy (non-hydrogen) atoms. The highest BCUT2D eigenvalue weighted by Gasteiger charge is 2.50. The van der Waals surface area contributed by atoms with E-state index in [0.29, 0.717) is 0 Å². The predicted molar refractivity (Wildman–Crippen MR) is 64.6 cm³/mol. The van der Waals surface area contributed by atoms with Crippen molar-refractivity contribution in [3.8, 4) is 0 Å². The number of carbonyl (C=O) groups is 1. The van der Waals surface area contributed by atoms with E-state index in [1.54, 1.807) is 18.2 Å². The van der Waals surface area contributed by atoms with Crippen molar-refractivity contribution >= 4 is 5.78 Å². The van der Waals surface area contributed by atoms with Gasteiger partial charge in [-0.1, -0.05) is 30.3 Å². The number of ether oxygens (including phenoxy) is 1. The van der Waals surface area contributed by atoms with Crippen LogP contribution >= 0.6 is 0 Å². The highest BCUT2D eigenvalue weighted by atomic mass is 19.2.